The highest BCUT2D eigenvalue weighted by Gasteiger charge is 2.06. The molecule has 0 unspecified atom stereocenters. The van der Waals surface area contributed by atoms with E-state index in [1.165, 1.54) is 0 Å². The van der Waals surface area contributed by atoms with E-state index in [0.717, 1.165) is 10.9 Å². The average Bonchev–Trinajstić information content (AvgIpc) is 2.67. The predicted octanol–water partition coefficient (Wildman–Crippen LogP) is 1.28. The summed E-state index contributed by atoms with van der Waals surface area (Å²) in [4.78, 5) is 0. The minimum atomic E-state index is 0.567. The van der Waals surface area contributed by atoms with Crippen molar-refractivity contribution in [1.29, 1.82) is 0 Å². The Bertz CT molecular complexity index is 482. The maximum atomic E-state index is 5.84. The Balaban J connectivity index is 1.99. The summed E-state index contributed by atoms with van der Waals surface area (Å²) in [6.45, 7) is 2.52. The van der Waals surface area contributed by atoms with Crippen molar-refractivity contribution < 1.29 is 9.47 Å². The molecule has 0 saturated heterocycles. The third kappa shape index (κ3) is 2.75. The molecule has 0 saturated carbocycles. The molecule has 0 bridgehead atoms. The summed E-state index contributed by atoms with van der Waals surface area (Å²) in [5.74, 6) is 0.567. The maximum absolute atomic E-state index is 5.84. The van der Waals surface area contributed by atoms with E-state index >= 15 is 0 Å². The van der Waals surface area contributed by atoms with E-state index in [1.54, 1.807) is 7.11 Å². The molecule has 5 nitrogen and oxygen atoms in total. The lowest BCUT2D eigenvalue weighted by atomic mass is 10.2. The summed E-state index contributed by atoms with van der Waals surface area (Å²) in [5.41, 5.74) is 6.88. The number of hydrogen-bond acceptors (Lipinski definition) is 4. The van der Waals surface area contributed by atoms with Gasteiger partial charge < -0.3 is 15.2 Å². The Kier molecular flexibility index (Phi) is 3.95. The number of methoxy groups -OCH3 is 1. The minimum absolute atomic E-state index is 0.567. The van der Waals surface area contributed by atoms with Crippen LogP contribution in [0, 0.1) is 0 Å². The van der Waals surface area contributed by atoms with Crippen molar-refractivity contribution in [2.45, 2.75) is 6.54 Å². The lowest BCUT2D eigenvalue weighted by Crippen LogP contribution is -2.10. The highest BCUT2D eigenvalue weighted by atomic mass is 16.5. The topological polar surface area (TPSA) is 62.3 Å². The monoisotopic (exact) mass is 235 g/mol. The standard InChI is InChI=1S/C12H17N3O2/c1-16-8-9-17-7-6-15-11-5-3-2-4-10(11)12(13)14-15/h2-5H,6-9H2,1H3,(H2,13,14). The molecular formula is C12H17N3O2. The molecular weight excluding hydrogens is 218 g/mol. The quantitative estimate of drug-likeness (QED) is 0.766. The summed E-state index contributed by atoms with van der Waals surface area (Å²) in [6.07, 6.45) is 0. The molecule has 0 amide bonds. The van der Waals surface area contributed by atoms with Gasteiger partial charge in [-0.1, -0.05) is 12.1 Å². The zero-order valence-corrected chi connectivity index (χ0v) is 9.93. The predicted molar refractivity (Wildman–Crippen MR) is 66.8 cm³/mol. The Morgan fingerprint density at radius 3 is 2.88 bits per heavy atom. The van der Waals surface area contributed by atoms with Gasteiger partial charge in [0.25, 0.3) is 0 Å². The number of ether oxygens (including phenoxy) is 2. The molecule has 0 aliphatic heterocycles. The molecule has 2 rings (SSSR count). The van der Waals surface area contributed by atoms with Crippen LogP contribution in [-0.4, -0.2) is 36.7 Å². The second-order valence-electron chi connectivity index (χ2n) is 3.73. The summed E-state index contributed by atoms with van der Waals surface area (Å²) in [7, 11) is 1.66. The van der Waals surface area contributed by atoms with E-state index in [2.05, 4.69) is 5.10 Å². The van der Waals surface area contributed by atoms with E-state index in [1.807, 2.05) is 28.9 Å². The lowest BCUT2D eigenvalue weighted by Gasteiger charge is -2.04. The van der Waals surface area contributed by atoms with E-state index in [0.29, 0.717) is 32.2 Å². The summed E-state index contributed by atoms with van der Waals surface area (Å²) >= 11 is 0. The third-order valence-corrected chi connectivity index (χ3v) is 2.57. The Labute approximate surface area is 100 Å². The van der Waals surface area contributed by atoms with Crippen LogP contribution in [0.1, 0.15) is 0 Å². The van der Waals surface area contributed by atoms with Crippen LogP contribution in [0.25, 0.3) is 10.9 Å². The molecule has 0 aliphatic rings. The van der Waals surface area contributed by atoms with Crippen molar-refractivity contribution in [3.8, 4) is 0 Å². The number of benzene rings is 1. The van der Waals surface area contributed by atoms with Crippen LogP contribution in [0.15, 0.2) is 24.3 Å². The molecule has 1 aromatic carbocycles. The van der Waals surface area contributed by atoms with Gasteiger partial charge in [0, 0.05) is 12.5 Å². The number of aromatic nitrogens is 2. The number of hydrogen-bond donors (Lipinski definition) is 1. The normalized spacial score (nSPS) is 11.1. The molecule has 0 aliphatic carbocycles. The number of nitrogens with two attached hydrogens (primary N) is 1. The second kappa shape index (κ2) is 5.65. The van der Waals surface area contributed by atoms with E-state index < -0.39 is 0 Å². The fourth-order valence-electron chi connectivity index (χ4n) is 1.72. The van der Waals surface area contributed by atoms with Crippen molar-refractivity contribution in [3.05, 3.63) is 24.3 Å². The smallest absolute Gasteiger partial charge is 0.153 e. The van der Waals surface area contributed by atoms with Crippen LogP contribution < -0.4 is 5.73 Å². The van der Waals surface area contributed by atoms with Crippen molar-refractivity contribution in [2.24, 2.45) is 0 Å². The van der Waals surface area contributed by atoms with Crippen LogP contribution in [0.5, 0.6) is 0 Å². The van der Waals surface area contributed by atoms with Crippen LogP contribution in [-0.2, 0) is 16.0 Å². The minimum Gasteiger partial charge on any atom is -0.382 e. The first-order valence-corrected chi connectivity index (χ1v) is 5.60. The van der Waals surface area contributed by atoms with Crippen molar-refractivity contribution >= 4 is 16.7 Å². The largest absolute Gasteiger partial charge is 0.382 e. The summed E-state index contributed by atoms with van der Waals surface area (Å²) in [5, 5.41) is 5.28. The molecule has 0 fully saturated rings. The van der Waals surface area contributed by atoms with E-state index in [9.17, 15) is 0 Å². The van der Waals surface area contributed by atoms with Crippen LogP contribution in [0.4, 0.5) is 5.82 Å². The number of para-hydroxylation sites is 1. The molecule has 1 heterocycles. The molecule has 5 heteroatoms. The molecule has 0 atom stereocenters. The van der Waals surface area contributed by atoms with Crippen molar-refractivity contribution in [1.82, 2.24) is 9.78 Å². The summed E-state index contributed by atoms with van der Waals surface area (Å²) in [6, 6.07) is 7.92. The van der Waals surface area contributed by atoms with E-state index in [-0.39, 0.29) is 0 Å². The molecule has 17 heavy (non-hydrogen) atoms. The van der Waals surface area contributed by atoms with E-state index in [4.69, 9.17) is 15.2 Å². The molecule has 92 valence electrons. The maximum Gasteiger partial charge on any atom is 0.153 e. The van der Waals surface area contributed by atoms with Crippen molar-refractivity contribution in [2.75, 3.05) is 32.7 Å². The van der Waals surface area contributed by atoms with Gasteiger partial charge in [-0.3, -0.25) is 4.68 Å². The van der Waals surface area contributed by atoms with Gasteiger partial charge in [0.15, 0.2) is 5.82 Å². The SMILES string of the molecule is COCCOCCn1nc(N)c2ccccc21. The number of anilines is 1. The van der Waals surface area contributed by atoms with Gasteiger partial charge in [0.2, 0.25) is 0 Å². The van der Waals surface area contributed by atoms with Gasteiger partial charge >= 0.3 is 0 Å². The Morgan fingerprint density at radius 2 is 2.06 bits per heavy atom. The second-order valence-corrected chi connectivity index (χ2v) is 3.73. The first-order chi connectivity index (χ1) is 8.33. The van der Waals surface area contributed by atoms with Gasteiger partial charge in [0.05, 0.1) is 31.9 Å². The highest BCUT2D eigenvalue weighted by Crippen LogP contribution is 2.19. The number of rotatable bonds is 6. The first-order valence-electron chi connectivity index (χ1n) is 5.60. The zero-order valence-electron chi connectivity index (χ0n) is 9.93. The number of nitrogen functional groups attached to an aromatic ring is 1. The Hall–Kier alpha value is -1.59. The van der Waals surface area contributed by atoms with Gasteiger partial charge in [-0.15, -0.1) is 0 Å². The van der Waals surface area contributed by atoms with Gasteiger partial charge in [-0.25, -0.2) is 0 Å². The molecule has 2 N–H and O–H groups in total. The van der Waals surface area contributed by atoms with Crippen LogP contribution in [0.3, 0.4) is 0 Å². The lowest BCUT2D eigenvalue weighted by molar-refractivity contribution is 0.0659. The van der Waals surface area contributed by atoms with Gasteiger partial charge in [-0.05, 0) is 12.1 Å². The van der Waals surface area contributed by atoms with Gasteiger partial charge in [0.1, 0.15) is 0 Å². The summed E-state index contributed by atoms with van der Waals surface area (Å²) < 4.78 is 12.2. The Morgan fingerprint density at radius 1 is 1.24 bits per heavy atom. The average molecular weight is 235 g/mol. The molecule has 2 aromatic rings. The fraction of sp³-hybridized carbons (Fsp3) is 0.417. The molecule has 0 spiro atoms. The fourth-order valence-corrected chi connectivity index (χ4v) is 1.72. The van der Waals surface area contributed by atoms with Crippen LogP contribution >= 0.6 is 0 Å². The molecule has 1 aromatic heterocycles. The highest BCUT2D eigenvalue weighted by molar-refractivity contribution is 5.88. The number of nitrogens with zero attached hydrogens (tertiary/aromatic N) is 2. The van der Waals surface area contributed by atoms with Crippen molar-refractivity contribution in [3.63, 3.8) is 0 Å². The van der Waals surface area contributed by atoms with Gasteiger partial charge in [-0.2, -0.15) is 5.10 Å². The number of fused-ring (bicyclic) bond motifs is 1. The van der Waals surface area contributed by atoms with Crippen LogP contribution in [0.2, 0.25) is 0 Å². The third-order valence-electron chi connectivity index (χ3n) is 2.57. The first kappa shape index (κ1) is 11.9. The zero-order chi connectivity index (χ0) is 12.1. The molecule has 0 radical (unpaired) electrons.